The first-order chi connectivity index (χ1) is 17.3. The Morgan fingerprint density at radius 1 is 0.973 bits per heavy atom. The van der Waals surface area contributed by atoms with Crippen LogP contribution in [0, 0.1) is 17.0 Å². The zero-order valence-corrected chi connectivity index (χ0v) is 19.2. The molecule has 0 unspecified atom stereocenters. The summed E-state index contributed by atoms with van der Waals surface area (Å²) in [6, 6.07) is 8.74. The Kier molecular flexibility index (Phi) is 5.87. The zero-order chi connectivity index (χ0) is 26.7. The third-order valence-electron chi connectivity index (χ3n) is 7.60. The Labute approximate surface area is 206 Å². The normalized spacial score (nSPS) is 24.8. The average molecular weight is 529 g/mol. The molecule has 2 aromatic carbocycles. The van der Waals surface area contributed by atoms with Gasteiger partial charge in [-0.25, -0.2) is 22.2 Å². The molecule has 1 aromatic heterocycles. The molecule has 3 aliphatic carbocycles. The van der Waals surface area contributed by atoms with Gasteiger partial charge >= 0.3 is 6.18 Å². The van der Waals surface area contributed by atoms with Gasteiger partial charge < -0.3 is 10.4 Å². The molecule has 0 radical (unpaired) electrons. The monoisotopic (exact) mass is 529 g/mol. The van der Waals surface area contributed by atoms with Gasteiger partial charge in [-0.3, -0.25) is 0 Å². The first kappa shape index (κ1) is 25.6. The van der Waals surface area contributed by atoms with E-state index in [1.807, 2.05) is 0 Å². The number of halogens is 7. The minimum Gasteiger partial charge on any atom is -0.377 e. The Morgan fingerprint density at radius 2 is 1.65 bits per heavy atom. The van der Waals surface area contributed by atoms with Crippen molar-refractivity contribution in [1.29, 1.82) is 0 Å². The van der Waals surface area contributed by atoms with E-state index in [0.717, 1.165) is 28.7 Å². The molecule has 6 nitrogen and oxygen atoms in total. The van der Waals surface area contributed by atoms with E-state index in [2.05, 4.69) is 20.8 Å². The summed E-state index contributed by atoms with van der Waals surface area (Å²) in [4.78, 5) is 0. The zero-order valence-electron chi connectivity index (χ0n) is 19.2. The summed E-state index contributed by atoms with van der Waals surface area (Å²) in [5.74, 6) is -6.13. The fraction of sp³-hybridized carbons (Fsp3) is 0.458. The molecule has 198 valence electrons. The lowest BCUT2D eigenvalue weighted by molar-refractivity contribution is -0.347. The Hall–Kier alpha value is -3.06. The van der Waals surface area contributed by atoms with Gasteiger partial charge in [0.25, 0.3) is 5.92 Å². The quantitative estimate of drug-likeness (QED) is 0.406. The van der Waals surface area contributed by atoms with Crippen LogP contribution in [0.5, 0.6) is 0 Å². The lowest BCUT2D eigenvalue weighted by atomic mass is 9.30. The molecule has 6 rings (SSSR count). The predicted molar refractivity (Wildman–Crippen MR) is 115 cm³/mol. The average Bonchev–Trinajstić information content (AvgIpc) is 3.24. The maximum atomic E-state index is 16.2. The summed E-state index contributed by atoms with van der Waals surface area (Å²) in [7, 11) is 0. The number of hydrogen-bond acceptors (Lipinski definition) is 5. The van der Waals surface area contributed by atoms with E-state index >= 15 is 8.78 Å². The number of nitrogens with one attached hydrogen (secondary N) is 1. The maximum Gasteiger partial charge on any atom is 0.401 e. The van der Waals surface area contributed by atoms with Crippen molar-refractivity contribution < 1.29 is 35.8 Å². The van der Waals surface area contributed by atoms with Crippen LogP contribution in [0.1, 0.15) is 36.0 Å². The number of rotatable bonds is 9. The molecule has 2 N–H and O–H groups in total. The fourth-order valence-corrected chi connectivity index (χ4v) is 5.86. The molecule has 3 aliphatic rings. The highest BCUT2D eigenvalue weighted by atomic mass is 19.4. The van der Waals surface area contributed by atoms with Gasteiger partial charge in [-0.15, -0.1) is 5.10 Å². The number of nitrogens with zero attached hydrogens (tertiary/aromatic N) is 4. The van der Waals surface area contributed by atoms with Crippen molar-refractivity contribution in [3.8, 4) is 0 Å². The number of hydrogen-bond donors (Lipinski definition) is 2. The molecular formula is C24H22F7N5O. The van der Waals surface area contributed by atoms with E-state index in [4.69, 9.17) is 0 Å². The van der Waals surface area contributed by atoms with Gasteiger partial charge in [0.1, 0.15) is 18.0 Å². The van der Waals surface area contributed by atoms with Gasteiger partial charge in [0.2, 0.25) is 0 Å². The van der Waals surface area contributed by atoms with Crippen LogP contribution in [0.15, 0.2) is 48.8 Å². The van der Waals surface area contributed by atoms with Crippen LogP contribution in [0.25, 0.3) is 0 Å². The molecule has 37 heavy (non-hydrogen) atoms. The van der Waals surface area contributed by atoms with E-state index in [-0.39, 0.29) is 25.8 Å². The summed E-state index contributed by atoms with van der Waals surface area (Å²) in [6.07, 6.45) is -3.27. The smallest absolute Gasteiger partial charge is 0.377 e. The van der Waals surface area contributed by atoms with E-state index in [1.165, 1.54) is 0 Å². The molecule has 0 spiro atoms. The van der Waals surface area contributed by atoms with Gasteiger partial charge in [-0.05, 0) is 58.4 Å². The van der Waals surface area contributed by atoms with Crippen LogP contribution >= 0.6 is 0 Å². The molecule has 0 amide bonds. The first-order valence-electron chi connectivity index (χ1n) is 11.4. The number of aliphatic hydroxyl groups is 1. The lowest BCUT2D eigenvalue weighted by Gasteiger charge is -2.74. The number of alkyl halides is 5. The Balaban J connectivity index is 1.36. The molecule has 3 aromatic rings. The summed E-state index contributed by atoms with van der Waals surface area (Å²) >= 11 is 0. The molecule has 2 bridgehead atoms. The Bertz CT molecular complexity index is 1260. The number of aromatic nitrogens is 4. The second kappa shape index (κ2) is 8.48. The molecule has 13 heteroatoms. The lowest BCUT2D eigenvalue weighted by Crippen LogP contribution is -2.76. The van der Waals surface area contributed by atoms with Crippen LogP contribution in [0.3, 0.4) is 0 Å². The summed E-state index contributed by atoms with van der Waals surface area (Å²) in [5.41, 5.74) is -4.66. The second-order valence-electron chi connectivity index (χ2n) is 10.1. The second-order valence-corrected chi connectivity index (χ2v) is 10.1. The standard InChI is InChI=1S/C24H22F7N5O/c25-17-5-6-18(19(26)7-17)22(37,13-36-14-33-34-35-36)24(30,31)21-9-20(10-21,11-21)16-3-1-15(2-4-16)8-32-12-23(27,28)29/h1-7,14,32,37H,8-13H2/t20?,21?,22-/m0/s1. The van der Waals surface area contributed by atoms with E-state index in [0.29, 0.717) is 11.6 Å². The summed E-state index contributed by atoms with van der Waals surface area (Å²) in [5, 5.41) is 24.0. The van der Waals surface area contributed by atoms with Crippen molar-refractivity contribution >= 4 is 0 Å². The largest absolute Gasteiger partial charge is 0.401 e. The molecule has 0 saturated heterocycles. The molecule has 3 fully saturated rings. The van der Waals surface area contributed by atoms with Crippen molar-refractivity contribution in [1.82, 2.24) is 25.5 Å². The SMILES string of the molecule is O[C@@](Cn1cnnn1)(c1ccc(F)cc1F)C(F)(F)C12CC(c3ccc(CNCC(F)(F)F)cc3)(C1)C2. The van der Waals surface area contributed by atoms with Crippen LogP contribution in [-0.2, 0) is 24.1 Å². The summed E-state index contributed by atoms with van der Waals surface area (Å²) < 4.78 is 98.4. The van der Waals surface area contributed by atoms with Crippen LogP contribution < -0.4 is 5.32 Å². The molecule has 1 atom stereocenters. The van der Waals surface area contributed by atoms with Crippen LogP contribution in [-0.4, -0.2) is 44.0 Å². The van der Waals surface area contributed by atoms with Crippen molar-refractivity contribution in [2.45, 2.75) is 55.5 Å². The topological polar surface area (TPSA) is 75.9 Å². The fourth-order valence-electron chi connectivity index (χ4n) is 5.86. The minimum absolute atomic E-state index is 0.00219. The van der Waals surface area contributed by atoms with E-state index in [9.17, 15) is 27.1 Å². The number of benzene rings is 2. The third-order valence-corrected chi connectivity index (χ3v) is 7.60. The first-order valence-corrected chi connectivity index (χ1v) is 11.4. The highest BCUT2D eigenvalue weighted by Crippen LogP contribution is 2.80. The molecular weight excluding hydrogens is 507 g/mol. The van der Waals surface area contributed by atoms with Crippen molar-refractivity contribution in [3.05, 3.63) is 77.1 Å². The molecule has 3 saturated carbocycles. The maximum absolute atomic E-state index is 16.2. The van der Waals surface area contributed by atoms with Crippen molar-refractivity contribution in [2.75, 3.05) is 6.54 Å². The van der Waals surface area contributed by atoms with Gasteiger partial charge in [0, 0.05) is 23.6 Å². The number of tetrazole rings is 1. The van der Waals surface area contributed by atoms with E-state index in [1.54, 1.807) is 24.3 Å². The molecule has 0 aliphatic heterocycles. The highest BCUT2D eigenvalue weighted by molar-refractivity contribution is 5.43. The van der Waals surface area contributed by atoms with Gasteiger partial charge in [0.15, 0.2) is 5.60 Å². The van der Waals surface area contributed by atoms with Crippen LogP contribution in [0.2, 0.25) is 0 Å². The predicted octanol–water partition coefficient (Wildman–Crippen LogP) is 4.25. The van der Waals surface area contributed by atoms with Gasteiger partial charge in [-0.1, -0.05) is 24.3 Å². The van der Waals surface area contributed by atoms with Gasteiger partial charge in [0.05, 0.1) is 13.1 Å². The minimum atomic E-state index is -4.32. The summed E-state index contributed by atoms with van der Waals surface area (Å²) in [6.45, 7) is -1.98. The van der Waals surface area contributed by atoms with Gasteiger partial charge in [-0.2, -0.15) is 13.2 Å². The highest BCUT2D eigenvalue weighted by Gasteiger charge is 2.82. The van der Waals surface area contributed by atoms with Crippen LogP contribution in [0.4, 0.5) is 30.7 Å². The molecule has 1 heterocycles. The Morgan fingerprint density at radius 3 is 2.22 bits per heavy atom. The third kappa shape index (κ3) is 4.17. The van der Waals surface area contributed by atoms with E-state index < -0.39 is 58.8 Å². The van der Waals surface area contributed by atoms with Crippen molar-refractivity contribution in [2.24, 2.45) is 5.41 Å². The van der Waals surface area contributed by atoms with Crippen molar-refractivity contribution in [3.63, 3.8) is 0 Å².